The minimum Gasteiger partial charge on any atom is -0.444 e. The Morgan fingerprint density at radius 2 is 1.87 bits per heavy atom. The third kappa shape index (κ3) is 6.25. The first-order valence-electron chi connectivity index (χ1n) is 12.3. The van der Waals surface area contributed by atoms with Crippen LogP contribution in [-0.4, -0.2) is 50.8 Å². The van der Waals surface area contributed by atoms with Crippen LogP contribution in [0.5, 0.6) is 0 Å². The van der Waals surface area contributed by atoms with Crippen LogP contribution in [0, 0.1) is 17.2 Å². The zero-order valence-corrected chi connectivity index (χ0v) is 21.8. The SMILES string of the molecule is Cn1ccc2c(-c3ccc(COCC4CCN(C(=O)OC(C)(C)C)CC4)c(C(F)(F)F)c3)nc(C#N)nc21. The van der Waals surface area contributed by atoms with Crippen LogP contribution in [0.25, 0.3) is 22.3 Å². The number of nitriles is 1. The zero-order valence-electron chi connectivity index (χ0n) is 21.8. The second kappa shape index (κ2) is 10.6. The molecule has 3 aromatic rings. The van der Waals surface area contributed by atoms with Gasteiger partial charge < -0.3 is 18.9 Å². The summed E-state index contributed by atoms with van der Waals surface area (Å²) >= 11 is 0. The molecule has 0 aliphatic carbocycles. The molecule has 1 amide bonds. The van der Waals surface area contributed by atoms with Gasteiger partial charge in [0.1, 0.15) is 17.3 Å². The molecule has 1 aromatic carbocycles. The fourth-order valence-electron chi connectivity index (χ4n) is 4.46. The van der Waals surface area contributed by atoms with Crippen LogP contribution in [-0.2, 0) is 29.3 Å². The first kappa shape index (κ1) is 27.4. The number of hydrogen-bond acceptors (Lipinski definition) is 6. The minimum atomic E-state index is -4.60. The molecule has 3 heterocycles. The zero-order chi connectivity index (χ0) is 27.7. The van der Waals surface area contributed by atoms with E-state index in [1.54, 1.807) is 34.8 Å². The molecule has 1 fully saturated rings. The molecule has 0 spiro atoms. The van der Waals surface area contributed by atoms with Gasteiger partial charge in [0.2, 0.25) is 5.82 Å². The number of likely N-dealkylation sites (tertiary alicyclic amines) is 1. The molecule has 8 nitrogen and oxygen atoms in total. The van der Waals surface area contributed by atoms with Crippen molar-refractivity contribution >= 4 is 17.1 Å². The predicted octanol–water partition coefficient (Wildman–Crippen LogP) is 5.69. The average Bonchev–Trinajstić information content (AvgIpc) is 3.23. The van der Waals surface area contributed by atoms with E-state index >= 15 is 0 Å². The Kier molecular flexibility index (Phi) is 7.65. The Morgan fingerprint density at radius 3 is 2.50 bits per heavy atom. The molecule has 2 aromatic heterocycles. The molecule has 0 N–H and O–H groups in total. The Bertz CT molecular complexity index is 1360. The summed E-state index contributed by atoms with van der Waals surface area (Å²) < 4.78 is 54.9. The van der Waals surface area contributed by atoms with E-state index in [9.17, 15) is 23.2 Å². The molecular formula is C27H30F3N5O3. The second-order valence-corrected chi connectivity index (χ2v) is 10.5. The van der Waals surface area contributed by atoms with Gasteiger partial charge in [0, 0.05) is 43.9 Å². The van der Waals surface area contributed by atoms with Gasteiger partial charge in [0.05, 0.1) is 17.9 Å². The highest BCUT2D eigenvalue weighted by Crippen LogP contribution is 2.36. The first-order valence-corrected chi connectivity index (χ1v) is 12.3. The van der Waals surface area contributed by atoms with E-state index in [0.29, 0.717) is 43.6 Å². The molecule has 0 unspecified atom stereocenters. The number of carbonyl (C=O) groups excluding carboxylic acids is 1. The normalized spacial score (nSPS) is 15.1. The Labute approximate surface area is 219 Å². The number of hydrogen-bond donors (Lipinski definition) is 0. The number of carbonyl (C=O) groups is 1. The van der Waals surface area contributed by atoms with Crippen molar-refractivity contribution in [2.45, 2.75) is 52.0 Å². The Hall–Kier alpha value is -3.65. The van der Waals surface area contributed by atoms with Crippen molar-refractivity contribution in [2.24, 2.45) is 13.0 Å². The van der Waals surface area contributed by atoms with E-state index in [1.165, 1.54) is 6.07 Å². The molecule has 1 saturated heterocycles. The lowest BCUT2D eigenvalue weighted by molar-refractivity contribution is -0.138. The van der Waals surface area contributed by atoms with Crippen molar-refractivity contribution in [3.05, 3.63) is 47.4 Å². The first-order chi connectivity index (χ1) is 17.9. The lowest BCUT2D eigenvalue weighted by atomic mass is 9.98. The highest BCUT2D eigenvalue weighted by atomic mass is 19.4. The molecule has 0 radical (unpaired) electrons. The molecule has 0 atom stereocenters. The number of aromatic nitrogens is 3. The van der Waals surface area contributed by atoms with Gasteiger partial charge in [-0.15, -0.1) is 0 Å². The van der Waals surface area contributed by atoms with Gasteiger partial charge in [-0.25, -0.2) is 14.8 Å². The van der Waals surface area contributed by atoms with Gasteiger partial charge in [0.25, 0.3) is 0 Å². The number of piperidine rings is 1. The maximum Gasteiger partial charge on any atom is 0.416 e. The van der Waals surface area contributed by atoms with Crippen LogP contribution >= 0.6 is 0 Å². The summed E-state index contributed by atoms with van der Waals surface area (Å²) in [7, 11) is 1.74. The minimum absolute atomic E-state index is 0.0197. The fraction of sp³-hybridized carbons (Fsp3) is 0.481. The van der Waals surface area contributed by atoms with E-state index in [4.69, 9.17) is 9.47 Å². The maximum atomic E-state index is 14.0. The summed E-state index contributed by atoms with van der Waals surface area (Å²) in [6, 6.07) is 7.59. The molecule has 0 saturated carbocycles. The van der Waals surface area contributed by atoms with Crippen molar-refractivity contribution in [3.63, 3.8) is 0 Å². The van der Waals surface area contributed by atoms with Crippen LogP contribution in [0.4, 0.5) is 18.0 Å². The largest absolute Gasteiger partial charge is 0.444 e. The van der Waals surface area contributed by atoms with Crippen LogP contribution in [0.1, 0.15) is 50.6 Å². The number of amides is 1. The van der Waals surface area contributed by atoms with Gasteiger partial charge in [-0.3, -0.25) is 0 Å². The number of rotatable bonds is 5. The number of aryl methyl sites for hydroxylation is 1. The van der Waals surface area contributed by atoms with E-state index in [0.717, 1.165) is 6.07 Å². The maximum absolute atomic E-state index is 14.0. The lowest BCUT2D eigenvalue weighted by Crippen LogP contribution is -2.42. The molecule has 202 valence electrons. The summed E-state index contributed by atoms with van der Waals surface area (Å²) in [6.45, 7) is 6.57. The molecule has 11 heteroatoms. The Balaban J connectivity index is 1.45. The standard InChI is InChI=1S/C27H30F3N5O3/c1-26(2,3)38-25(36)35-11-7-17(8-12-35)15-37-16-19-6-5-18(13-21(19)27(28,29)30)23-20-9-10-34(4)24(20)33-22(14-31)32-23/h5-6,9-10,13,17H,7-8,11-12,15-16H2,1-4H3. The number of nitrogens with zero attached hydrogens (tertiary/aromatic N) is 5. The molecule has 0 bridgehead atoms. The number of fused-ring (bicyclic) bond motifs is 1. The van der Waals surface area contributed by atoms with Crippen LogP contribution < -0.4 is 0 Å². The second-order valence-electron chi connectivity index (χ2n) is 10.5. The van der Waals surface area contributed by atoms with E-state index < -0.39 is 17.3 Å². The van der Waals surface area contributed by atoms with E-state index in [2.05, 4.69) is 9.97 Å². The van der Waals surface area contributed by atoms with Crippen molar-refractivity contribution in [2.75, 3.05) is 19.7 Å². The van der Waals surface area contributed by atoms with Gasteiger partial charge >= 0.3 is 12.3 Å². The quantitative estimate of drug-likeness (QED) is 0.422. The van der Waals surface area contributed by atoms with Gasteiger partial charge in [0.15, 0.2) is 0 Å². The smallest absolute Gasteiger partial charge is 0.416 e. The van der Waals surface area contributed by atoms with Crippen molar-refractivity contribution < 1.29 is 27.4 Å². The highest BCUT2D eigenvalue weighted by Gasteiger charge is 2.34. The van der Waals surface area contributed by atoms with Crippen molar-refractivity contribution in [1.82, 2.24) is 19.4 Å². The molecule has 1 aliphatic heterocycles. The highest BCUT2D eigenvalue weighted by molar-refractivity contribution is 5.91. The number of halogens is 3. The van der Waals surface area contributed by atoms with Gasteiger partial charge in [-0.1, -0.05) is 12.1 Å². The predicted molar refractivity (Wildman–Crippen MR) is 134 cm³/mol. The topological polar surface area (TPSA) is 93.3 Å². The van der Waals surface area contributed by atoms with E-state index in [-0.39, 0.29) is 41.3 Å². The third-order valence-corrected chi connectivity index (χ3v) is 6.39. The number of ether oxygens (including phenoxy) is 2. The molecule has 38 heavy (non-hydrogen) atoms. The Morgan fingerprint density at radius 1 is 1.16 bits per heavy atom. The monoisotopic (exact) mass is 529 g/mol. The summed E-state index contributed by atoms with van der Waals surface area (Å²) in [6.07, 6.45) is -1.87. The lowest BCUT2D eigenvalue weighted by Gasteiger charge is -2.33. The van der Waals surface area contributed by atoms with Gasteiger partial charge in [-0.05, 0) is 57.2 Å². The fourth-order valence-corrected chi connectivity index (χ4v) is 4.46. The van der Waals surface area contributed by atoms with E-state index in [1.807, 2.05) is 26.8 Å². The van der Waals surface area contributed by atoms with Gasteiger partial charge in [-0.2, -0.15) is 18.4 Å². The van der Waals surface area contributed by atoms with Crippen LogP contribution in [0.3, 0.4) is 0 Å². The summed E-state index contributed by atoms with van der Waals surface area (Å²) in [4.78, 5) is 22.2. The van der Waals surface area contributed by atoms with Crippen LogP contribution in [0.2, 0.25) is 0 Å². The number of benzene rings is 1. The number of alkyl halides is 3. The molecular weight excluding hydrogens is 499 g/mol. The summed E-state index contributed by atoms with van der Waals surface area (Å²) in [5.74, 6) is 0.0204. The summed E-state index contributed by atoms with van der Waals surface area (Å²) in [5, 5.41) is 9.87. The van der Waals surface area contributed by atoms with Crippen molar-refractivity contribution in [3.8, 4) is 17.3 Å². The third-order valence-electron chi connectivity index (χ3n) is 6.39. The molecule has 1 aliphatic rings. The van der Waals surface area contributed by atoms with Crippen LogP contribution in [0.15, 0.2) is 30.5 Å². The molecule has 4 rings (SSSR count). The summed E-state index contributed by atoms with van der Waals surface area (Å²) in [5.41, 5.74) is -0.388. The van der Waals surface area contributed by atoms with Crippen molar-refractivity contribution in [1.29, 1.82) is 5.26 Å². The average molecular weight is 530 g/mol.